The molecule has 13 heavy (non-hydrogen) atoms. The van der Waals surface area contributed by atoms with Gasteiger partial charge in [0, 0.05) is 6.42 Å². The fourth-order valence-corrected chi connectivity index (χ4v) is 2.81. The van der Waals surface area contributed by atoms with E-state index in [0.29, 0.717) is 16.9 Å². The van der Waals surface area contributed by atoms with Crippen molar-refractivity contribution in [3.05, 3.63) is 0 Å². The average Bonchev–Trinajstić information content (AvgIpc) is 2.11. The SMILES string of the molecule is COC1=NC(C)C2(C)CCC2(C)C1. The Bertz CT molecular complexity index is 261. The zero-order valence-corrected chi connectivity index (χ0v) is 9.05. The maximum absolute atomic E-state index is 5.27. The summed E-state index contributed by atoms with van der Waals surface area (Å²) in [6.45, 7) is 6.97. The number of rotatable bonds is 0. The van der Waals surface area contributed by atoms with E-state index < -0.39 is 0 Å². The topological polar surface area (TPSA) is 21.6 Å². The fraction of sp³-hybridized carbons (Fsp3) is 0.909. The second kappa shape index (κ2) is 2.49. The van der Waals surface area contributed by atoms with Crippen molar-refractivity contribution in [3.63, 3.8) is 0 Å². The standard InChI is InChI=1S/C11H19NO/c1-8-11(3)6-5-10(11,2)7-9(12-8)13-4/h8H,5-7H2,1-4H3. The first kappa shape index (κ1) is 9.04. The number of hydrogen-bond donors (Lipinski definition) is 0. The molecule has 3 unspecified atom stereocenters. The fourth-order valence-electron chi connectivity index (χ4n) is 2.81. The molecule has 1 aliphatic carbocycles. The molecule has 2 rings (SSSR count). The van der Waals surface area contributed by atoms with Gasteiger partial charge in [-0.1, -0.05) is 13.8 Å². The smallest absolute Gasteiger partial charge is 0.183 e. The third-order valence-electron chi connectivity index (χ3n) is 4.61. The monoisotopic (exact) mass is 181 g/mol. The summed E-state index contributed by atoms with van der Waals surface area (Å²) in [4.78, 5) is 4.59. The van der Waals surface area contributed by atoms with Crippen LogP contribution in [-0.4, -0.2) is 19.0 Å². The van der Waals surface area contributed by atoms with Gasteiger partial charge < -0.3 is 4.74 Å². The van der Waals surface area contributed by atoms with Crippen molar-refractivity contribution < 1.29 is 4.74 Å². The molecule has 0 amide bonds. The molecule has 0 aromatic rings. The first-order valence-electron chi connectivity index (χ1n) is 5.12. The van der Waals surface area contributed by atoms with Crippen molar-refractivity contribution in [1.29, 1.82) is 0 Å². The van der Waals surface area contributed by atoms with Gasteiger partial charge in [-0.2, -0.15) is 0 Å². The molecule has 74 valence electrons. The van der Waals surface area contributed by atoms with Crippen molar-refractivity contribution in [1.82, 2.24) is 0 Å². The van der Waals surface area contributed by atoms with E-state index in [1.807, 2.05) is 0 Å². The Balaban J connectivity index is 2.31. The lowest BCUT2D eigenvalue weighted by atomic mass is 9.46. The van der Waals surface area contributed by atoms with Gasteiger partial charge in [-0.25, -0.2) is 0 Å². The summed E-state index contributed by atoms with van der Waals surface area (Å²) in [7, 11) is 1.73. The van der Waals surface area contributed by atoms with Gasteiger partial charge in [-0.05, 0) is 30.6 Å². The normalized spacial score (nSPS) is 48.9. The van der Waals surface area contributed by atoms with Crippen LogP contribution in [0, 0.1) is 10.8 Å². The van der Waals surface area contributed by atoms with Gasteiger partial charge in [0.05, 0.1) is 13.2 Å². The molecule has 0 aromatic carbocycles. The number of aliphatic imine (C=N–C) groups is 1. The van der Waals surface area contributed by atoms with Crippen LogP contribution >= 0.6 is 0 Å². The highest BCUT2D eigenvalue weighted by Crippen LogP contribution is 2.62. The summed E-state index contributed by atoms with van der Waals surface area (Å²) in [5.74, 6) is 0.951. The highest BCUT2D eigenvalue weighted by molar-refractivity contribution is 5.78. The second-order valence-corrected chi connectivity index (χ2v) is 5.06. The summed E-state index contributed by atoms with van der Waals surface area (Å²) < 4.78 is 5.27. The maximum atomic E-state index is 5.27. The molecule has 0 spiro atoms. The van der Waals surface area contributed by atoms with Gasteiger partial charge in [0.2, 0.25) is 0 Å². The minimum atomic E-state index is 0.426. The van der Waals surface area contributed by atoms with Crippen LogP contribution < -0.4 is 0 Å². The molecule has 1 saturated carbocycles. The Labute approximate surface area is 80.4 Å². The van der Waals surface area contributed by atoms with E-state index in [1.165, 1.54) is 12.8 Å². The summed E-state index contributed by atoms with van der Waals surface area (Å²) >= 11 is 0. The average molecular weight is 181 g/mol. The van der Waals surface area contributed by atoms with E-state index in [9.17, 15) is 0 Å². The van der Waals surface area contributed by atoms with Crippen molar-refractivity contribution >= 4 is 5.90 Å². The molecule has 0 aromatic heterocycles. The molecule has 0 saturated heterocycles. The van der Waals surface area contributed by atoms with Crippen LogP contribution in [0.2, 0.25) is 0 Å². The Morgan fingerprint density at radius 2 is 2.08 bits per heavy atom. The number of methoxy groups -OCH3 is 1. The molecule has 1 aliphatic heterocycles. The summed E-state index contributed by atoms with van der Waals surface area (Å²) in [5, 5.41) is 0. The molecular formula is C11H19NO. The predicted molar refractivity (Wildman–Crippen MR) is 54.0 cm³/mol. The van der Waals surface area contributed by atoms with Crippen molar-refractivity contribution in [2.24, 2.45) is 15.8 Å². The van der Waals surface area contributed by atoms with Gasteiger partial charge in [0.1, 0.15) is 0 Å². The zero-order valence-electron chi connectivity index (χ0n) is 9.05. The van der Waals surface area contributed by atoms with Gasteiger partial charge in [-0.3, -0.25) is 4.99 Å². The van der Waals surface area contributed by atoms with E-state index in [4.69, 9.17) is 4.74 Å². The summed E-state index contributed by atoms with van der Waals surface area (Å²) in [6, 6.07) is 0.426. The summed E-state index contributed by atoms with van der Waals surface area (Å²) in [5.41, 5.74) is 0.870. The van der Waals surface area contributed by atoms with E-state index >= 15 is 0 Å². The van der Waals surface area contributed by atoms with Crippen LogP contribution in [0.4, 0.5) is 0 Å². The minimum absolute atomic E-state index is 0.426. The van der Waals surface area contributed by atoms with Crippen LogP contribution in [0.3, 0.4) is 0 Å². The van der Waals surface area contributed by atoms with E-state index in [0.717, 1.165) is 12.3 Å². The van der Waals surface area contributed by atoms with Crippen molar-refractivity contribution in [3.8, 4) is 0 Å². The van der Waals surface area contributed by atoms with Gasteiger partial charge in [0.25, 0.3) is 0 Å². The zero-order chi connectivity index (χ0) is 9.69. The predicted octanol–water partition coefficient (Wildman–Crippen LogP) is 2.63. The van der Waals surface area contributed by atoms with Crippen molar-refractivity contribution in [2.75, 3.05) is 7.11 Å². The molecule has 2 heteroatoms. The molecular weight excluding hydrogens is 162 g/mol. The lowest BCUT2D eigenvalue weighted by molar-refractivity contribution is -0.0729. The molecule has 2 nitrogen and oxygen atoms in total. The molecule has 0 bridgehead atoms. The lowest BCUT2D eigenvalue weighted by Gasteiger charge is -2.60. The van der Waals surface area contributed by atoms with Crippen LogP contribution in [0.1, 0.15) is 40.0 Å². The van der Waals surface area contributed by atoms with Crippen molar-refractivity contribution in [2.45, 2.75) is 46.1 Å². The van der Waals surface area contributed by atoms with Gasteiger partial charge in [-0.15, -0.1) is 0 Å². The first-order chi connectivity index (χ1) is 6.02. The Kier molecular flexibility index (Phi) is 1.73. The van der Waals surface area contributed by atoms with E-state index in [-0.39, 0.29) is 0 Å². The number of ether oxygens (including phenoxy) is 1. The van der Waals surface area contributed by atoms with E-state index in [2.05, 4.69) is 25.8 Å². The Morgan fingerprint density at radius 3 is 2.46 bits per heavy atom. The van der Waals surface area contributed by atoms with Crippen LogP contribution in [-0.2, 0) is 4.74 Å². The number of hydrogen-bond acceptors (Lipinski definition) is 2. The quantitative estimate of drug-likeness (QED) is 0.563. The molecule has 3 atom stereocenters. The largest absolute Gasteiger partial charge is 0.484 e. The second-order valence-electron chi connectivity index (χ2n) is 5.06. The van der Waals surface area contributed by atoms with Gasteiger partial charge >= 0.3 is 0 Å². The molecule has 2 aliphatic rings. The summed E-state index contributed by atoms with van der Waals surface area (Å²) in [6.07, 6.45) is 3.69. The maximum Gasteiger partial charge on any atom is 0.183 e. The Hall–Kier alpha value is -0.530. The highest BCUT2D eigenvalue weighted by Gasteiger charge is 2.58. The minimum Gasteiger partial charge on any atom is -0.484 e. The molecule has 1 fully saturated rings. The molecule has 0 radical (unpaired) electrons. The highest BCUT2D eigenvalue weighted by atomic mass is 16.5. The van der Waals surface area contributed by atoms with E-state index in [1.54, 1.807) is 7.11 Å². The lowest BCUT2D eigenvalue weighted by Crippen LogP contribution is -2.56. The third-order valence-corrected chi connectivity index (χ3v) is 4.61. The molecule has 0 N–H and O–H groups in total. The number of fused-ring (bicyclic) bond motifs is 1. The van der Waals surface area contributed by atoms with Crippen LogP contribution in [0.25, 0.3) is 0 Å². The Morgan fingerprint density at radius 1 is 1.38 bits per heavy atom. The third kappa shape index (κ3) is 0.976. The van der Waals surface area contributed by atoms with Crippen LogP contribution in [0.5, 0.6) is 0 Å². The van der Waals surface area contributed by atoms with Gasteiger partial charge in [0.15, 0.2) is 5.90 Å². The molecule has 1 heterocycles. The van der Waals surface area contributed by atoms with Crippen LogP contribution in [0.15, 0.2) is 4.99 Å². The number of nitrogens with zero attached hydrogens (tertiary/aromatic N) is 1. The first-order valence-corrected chi connectivity index (χ1v) is 5.12.